The smallest absolute Gasteiger partial charge is 0.250 e. The van der Waals surface area contributed by atoms with Crippen molar-refractivity contribution in [2.24, 2.45) is 5.10 Å². The van der Waals surface area contributed by atoms with Gasteiger partial charge in [0.25, 0.3) is 5.91 Å². The molecule has 0 unspecified atom stereocenters. The average Bonchev–Trinajstić information content (AvgIpc) is 3.10. The molecule has 140 valence electrons. The highest BCUT2D eigenvalue weighted by molar-refractivity contribution is 7.99. The SMILES string of the molecule is COc1cc(/C=N/NC(=O)CSc2nc3ccccc3[nH]2)cc(OC)c1O. The van der Waals surface area contributed by atoms with Gasteiger partial charge in [-0.15, -0.1) is 0 Å². The van der Waals surface area contributed by atoms with Gasteiger partial charge < -0.3 is 19.6 Å². The first kappa shape index (κ1) is 18.6. The van der Waals surface area contributed by atoms with E-state index in [0.717, 1.165) is 11.0 Å². The molecule has 2 aromatic carbocycles. The lowest BCUT2D eigenvalue weighted by Gasteiger charge is -2.09. The van der Waals surface area contributed by atoms with Gasteiger partial charge in [-0.25, -0.2) is 10.4 Å². The van der Waals surface area contributed by atoms with Crippen molar-refractivity contribution in [2.75, 3.05) is 20.0 Å². The Morgan fingerprint density at radius 1 is 1.30 bits per heavy atom. The number of aromatic amines is 1. The van der Waals surface area contributed by atoms with E-state index in [1.165, 1.54) is 32.2 Å². The molecule has 27 heavy (non-hydrogen) atoms. The standard InChI is InChI=1S/C18H18N4O4S/c1-25-14-7-11(8-15(26-2)17(14)24)9-19-22-16(23)10-27-18-20-12-5-3-4-6-13(12)21-18/h3-9,24H,10H2,1-2H3,(H,20,21)(H,22,23)/b19-9+. The molecule has 0 aliphatic carbocycles. The highest BCUT2D eigenvalue weighted by atomic mass is 32.2. The van der Waals surface area contributed by atoms with Gasteiger partial charge in [0.15, 0.2) is 16.7 Å². The topological polar surface area (TPSA) is 109 Å². The summed E-state index contributed by atoms with van der Waals surface area (Å²) < 4.78 is 10.2. The van der Waals surface area contributed by atoms with Crippen LogP contribution in [0.4, 0.5) is 0 Å². The molecule has 1 heterocycles. The number of methoxy groups -OCH3 is 2. The van der Waals surface area contributed by atoms with Gasteiger partial charge in [-0.3, -0.25) is 4.79 Å². The van der Waals surface area contributed by atoms with E-state index < -0.39 is 0 Å². The summed E-state index contributed by atoms with van der Waals surface area (Å²) in [5.74, 6) is 0.308. The zero-order valence-electron chi connectivity index (χ0n) is 14.7. The first-order valence-electron chi connectivity index (χ1n) is 7.95. The number of ether oxygens (including phenoxy) is 2. The van der Waals surface area contributed by atoms with Crippen molar-refractivity contribution < 1.29 is 19.4 Å². The monoisotopic (exact) mass is 386 g/mol. The predicted octanol–water partition coefficient (Wildman–Crippen LogP) is 2.53. The molecule has 1 amide bonds. The van der Waals surface area contributed by atoms with Gasteiger partial charge in [0, 0.05) is 5.56 Å². The fourth-order valence-corrected chi connectivity index (χ4v) is 3.01. The van der Waals surface area contributed by atoms with Crippen LogP contribution in [0.5, 0.6) is 17.2 Å². The summed E-state index contributed by atoms with van der Waals surface area (Å²) in [6, 6.07) is 10.8. The van der Waals surface area contributed by atoms with Gasteiger partial charge in [-0.2, -0.15) is 5.10 Å². The molecule has 1 aromatic heterocycles. The molecular formula is C18H18N4O4S. The van der Waals surface area contributed by atoms with Crippen LogP contribution >= 0.6 is 11.8 Å². The van der Waals surface area contributed by atoms with E-state index in [4.69, 9.17) is 9.47 Å². The number of carbonyl (C=O) groups is 1. The molecule has 3 rings (SSSR count). The molecule has 3 aromatic rings. The number of nitrogens with zero attached hydrogens (tertiary/aromatic N) is 2. The number of phenols is 1. The molecule has 0 atom stereocenters. The number of hydrogen-bond acceptors (Lipinski definition) is 7. The highest BCUT2D eigenvalue weighted by Crippen LogP contribution is 2.36. The number of aromatic hydroxyl groups is 1. The molecular weight excluding hydrogens is 368 g/mol. The number of imidazole rings is 1. The highest BCUT2D eigenvalue weighted by Gasteiger charge is 2.10. The summed E-state index contributed by atoms with van der Waals surface area (Å²) in [5.41, 5.74) is 4.83. The lowest BCUT2D eigenvalue weighted by Crippen LogP contribution is -2.19. The van der Waals surface area contributed by atoms with Gasteiger partial charge in [0.1, 0.15) is 0 Å². The minimum Gasteiger partial charge on any atom is -0.502 e. The van der Waals surface area contributed by atoms with Crippen molar-refractivity contribution in [1.82, 2.24) is 15.4 Å². The molecule has 8 nitrogen and oxygen atoms in total. The molecule has 0 aliphatic rings. The first-order chi connectivity index (χ1) is 13.1. The summed E-state index contributed by atoms with van der Waals surface area (Å²) in [6.45, 7) is 0. The van der Waals surface area contributed by atoms with Crippen LogP contribution in [0.1, 0.15) is 5.56 Å². The van der Waals surface area contributed by atoms with E-state index in [1.807, 2.05) is 24.3 Å². The average molecular weight is 386 g/mol. The van der Waals surface area contributed by atoms with Crippen molar-refractivity contribution in [3.8, 4) is 17.2 Å². The van der Waals surface area contributed by atoms with Gasteiger partial charge >= 0.3 is 0 Å². The number of phenolic OH excluding ortho intramolecular Hbond substituents is 1. The van der Waals surface area contributed by atoms with Gasteiger partial charge in [0.2, 0.25) is 5.75 Å². The summed E-state index contributed by atoms with van der Waals surface area (Å²) in [6.07, 6.45) is 1.44. The van der Waals surface area contributed by atoms with Crippen LogP contribution in [-0.4, -0.2) is 47.2 Å². The lowest BCUT2D eigenvalue weighted by atomic mass is 10.2. The van der Waals surface area contributed by atoms with E-state index in [0.29, 0.717) is 10.7 Å². The number of benzene rings is 2. The van der Waals surface area contributed by atoms with Crippen molar-refractivity contribution in [2.45, 2.75) is 5.16 Å². The van der Waals surface area contributed by atoms with Crippen molar-refractivity contribution in [3.05, 3.63) is 42.0 Å². The molecule has 9 heteroatoms. The number of para-hydroxylation sites is 2. The maximum absolute atomic E-state index is 11.9. The number of fused-ring (bicyclic) bond motifs is 1. The number of nitrogens with one attached hydrogen (secondary N) is 2. The van der Waals surface area contributed by atoms with Gasteiger partial charge in [-0.1, -0.05) is 23.9 Å². The van der Waals surface area contributed by atoms with Crippen LogP contribution in [0.25, 0.3) is 11.0 Å². The Morgan fingerprint density at radius 2 is 2.00 bits per heavy atom. The number of H-pyrrole nitrogens is 1. The quantitative estimate of drug-likeness (QED) is 0.327. The molecule has 0 bridgehead atoms. The molecule has 0 saturated heterocycles. The van der Waals surface area contributed by atoms with E-state index >= 15 is 0 Å². The third-order valence-electron chi connectivity index (χ3n) is 3.61. The van der Waals surface area contributed by atoms with Crippen LogP contribution in [0.15, 0.2) is 46.7 Å². The van der Waals surface area contributed by atoms with E-state index in [1.54, 1.807) is 12.1 Å². The summed E-state index contributed by atoms with van der Waals surface area (Å²) in [4.78, 5) is 19.5. The zero-order chi connectivity index (χ0) is 19.2. The van der Waals surface area contributed by atoms with E-state index in [2.05, 4.69) is 20.5 Å². The number of thioether (sulfide) groups is 1. The van der Waals surface area contributed by atoms with Crippen LogP contribution < -0.4 is 14.9 Å². The molecule has 0 saturated carbocycles. The van der Waals surface area contributed by atoms with Gasteiger partial charge in [-0.05, 0) is 24.3 Å². The summed E-state index contributed by atoms with van der Waals surface area (Å²) in [7, 11) is 2.87. The Balaban J connectivity index is 1.57. The number of aromatic nitrogens is 2. The predicted molar refractivity (Wildman–Crippen MR) is 104 cm³/mol. The second-order valence-corrected chi connectivity index (χ2v) is 6.38. The van der Waals surface area contributed by atoms with E-state index in [-0.39, 0.29) is 28.9 Å². The van der Waals surface area contributed by atoms with Gasteiger partial charge in [0.05, 0.1) is 37.2 Å². The largest absolute Gasteiger partial charge is 0.502 e. The Bertz CT molecular complexity index is 928. The third kappa shape index (κ3) is 4.50. The first-order valence-corrected chi connectivity index (χ1v) is 8.93. The normalized spacial score (nSPS) is 11.0. The Labute approximate surface area is 159 Å². The maximum atomic E-state index is 11.9. The molecule has 3 N–H and O–H groups in total. The van der Waals surface area contributed by atoms with Crippen molar-refractivity contribution >= 4 is 34.9 Å². The fraction of sp³-hybridized carbons (Fsp3) is 0.167. The second kappa shape index (κ2) is 8.45. The summed E-state index contributed by atoms with van der Waals surface area (Å²) >= 11 is 1.29. The molecule has 0 aliphatic heterocycles. The van der Waals surface area contributed by atoms with E-state index in [9.17, 15) is 9.90 Å². The number of rotatable bonds is 7. The summed E-state index contributed by atoms with van der Waals surface area (Å²) in [5, 5.41) is 14.5. The third-order valence-corrected chi connectivity index (χ3v) is 4.49. The van der Waals surface area contributed by atoms with Crippen molar-refractivity contribution in [1.29, 1.82) is 0 Å². The Morgan fingerprint density at radius 3 is 2.67 bits per heavy atom. The number of carbonyl (C=O) groups excluding carboxylic acids is 1. The number of amides is 1. The lowest BCUT2D eigenvalue weighted by molar-refractivity contribution is -0.118. The molecule has 0 radical (unpaired) electrons. The van der Waals surface area contributed by atoms with Crippen LogP contribution in [0.2, 0.25) is 0 Å². The Hall–Kier alpha value is -3.20. The molecule has 0 fully saturated rings. The number of hydrogen-bond donors (Lipinski definition) is 3. The van der Waals surface area contributed by atoms with Crippen molar-refractivity contribution in [3.63, 3.8) is 0 Å². The zero-order valence-corrected chi connectivity index (χ0v) is 15.5. The maximum Gasteiger partial charge on any atom is 0.250 e. The minimum absolute atomic E-state index is 0.0941. The second-order valence-electron chi connectivity index (χ2n) is 5.41. The molecule has 0 spiro atoms. The van der Waals surface area contributed by atoms with Crippen LogP contribution in [-0.2, 0) is 4.79 Å². The Kier molecular flexibility index (Phi) is 5.82. The van der Waals surface area contributed by atoms with Crippen LogP contribution in [0, 0.1) is 0 Å². The minimum atomic E-state index is -0.269. The number of hydrazone groups is 1. The van der Waals surface area contributed by atoms with Crippen LogP contribution in [0.3, 0.4) is 0 Å². The fourth-order valence-electron chi connectivity index (χ4n) is 2.33.